The van der Waals surface area contributed by atoms with Crippen LogP contribution in [0.25, 0.3) is 0 Å². The lowest BCUT2D eigenvalue weighted by Gasteiger charge is -2.13. The summed E-state index contributed by atoms with van der Waals surface area (Å²) < 4.78 is 0. The van der Waals surface area contributed by atoms with E-state index in [0.717, 1.165) is 11.1 Å². The standard InChI is InChI=1S/C10H16N2O/c1-7(2)8-5-11-6-9(8)10(13)12(3)4/h6-7H,5H2,1-4H3. The lowest BCUT2D eigenvalue weighted by Crippen LogP contribution is -2.25. The summed E-state index contributed by atoms with van der Waals surface area (Å²) in [6.07, 6.45) is 1.69. The Hall–Kier alpha value is -1.12. The molecule has 0 aliphatic carbocycles. The van der Waals surface area contributed by atoms with E-state index in [1.165, 1.54) is 0 Å². The smallest absolute Gasteiger partial charge is 0.254 e. The van der Waals surface area contributed by atoms with Crippen LogP contribution >= 0.6 is 0 Å². The van der Waals surface area contributed by atoms with Crippen molar-refractivity contribution in [2.75, 3.05) is 20.6 Å². The molecule has 0 aromatic rings. The molecule has 0 aromatic carbocycles. The van der Waals surface area contributed by atoms with Crippen LogP contribution in [0.5, 0.6) is 0 Å². The Bertz CT molecular complexity index is 275. The van der Waals surface area contributed by atoms with Crippen LogP contribution < -0.4 is 0 Å². The molecule has 1 aliphatic heterocycles. The third-order valence-electron chi connectivity index (χ3n) is 2.16. The van der Waals surface area contributed by atoms with Gasteiger partial charge in [0.15, 0.2) is 0 Å². The zero-order chi connectivity index (χ0) is 10.0. The fraction of sp³-hybridized carbons (Fsp3) is 0.600. The summed E-state index contributed by atoms with van der Waals surface area (Å²) in [4.78, 5) is 17.4. The average molecular weight is 180 g/mol. The van der Waals surface area contributed by atoms with E-state index >= 15 is 0 Å². The van der Waals surface area contributed by atoms with Crippen LogP contribution in [0.15, 0.2) is 16.1 Å². The van der Waals surface area contributed by atoms with Crippen LogP contribution in [-0.4, -0.2) is 37.7 Å². The Balaban J connectivity index is 2.93. The Morgan fingerprint density at radius 1 is 1.54 bits per heavy atom. The van der Waals surface area contributed by atoms with Crippen molar-refractivity contribution in [3.05, 3.63) is 11.1 Å². The van der Waals surface area contributed by atoms with Gasteiger partial charge in [0.1, 0.15) is 0 Å². The minimum atomic E-state index is 0.0601. The molecule has 1 aliphatic rings. The highest BCUT2D eigenvalue weighted by atomic mass is 16.2. The summed E-state index contributed by atoms with van der Waals surface area (Å²) in [5.74, 6) is 0.464. The first kappa shape index (κ1) is 9.96. The van der Waals surface area contributed by atoms with Gasteiger partial charge in [-0.05, 0) is 11.5 Å². The molecule has 0 saturated heterocycles. The molecule has 1 amide bonds. The van der Waals surface area contributed by atoms with Crippen molar-refractivity contribution in [2.24, 2.45) is 10.9 Å². The van der Waals surface area contributed by atoms with Crippen molar-refractivity contribution in [3.8, 4) is 0 Å². The summed E-state index contributed by atoms with van der Waals surface area (Å²) in [7, 11) is 3.53. The van der Waals surface area contributed by atoms with Gasteiger partial charge < -0.3 is 4.90 Å². The number of likely N-dealkylation sites (N-methyl/N-ethyl adjacent to an activating group) is 1. The SMILES string of the molecule is CC(C)C1=C(C(=O)N(C)C)C=NC1. The van der Waals surface area contributed by atoms with Gasteiger partial charge in [0.2, 0.25) is 0 Å². The molecule has 0 radical (unpaired) electrons. The molecule has 13 heavy (non-hydrogen) atoms. The Labute approximate surface area is 79.1 Å². The molecule has 1 rings (SSSR count). The van der Waals surface area contributed by atoms with Crippen LogP contribution in [-0.2, 0) is 4.79 Å². The summed E-state index contributed by atoms with van der Waals surface area (Å²) in [5, 5.41) is 0. The van der Waals surface area contributed by atoms with Crippen molar-refractivity contribution in [2.45, 2.75) is 13.8 Å². The predicted molar refractivity (Wildman–Crippen MR) is 53.9 cm³/mol. The van der Waals surface area contributed by atoms with Crippen molar-refractivity contribution in [1.29, 1.82) is 0 Å². The fourth-order valence-corrected chi connectivity index (χ4v) is 1.33. The maximum Gasteiger partial charge on any atom is 0.254 e. The maximum atomic E-state index is 11.6. The van der Waals surface area contributed by atoms with Crippen LogP contribution in [0.1, 0.15) is 13.8 Å². The van der Waals surface area contributed by atoms with Crippen LogP contribution in [0.3, 0.4) is 0 Å². The molecule has 3 nitrogen and oxygen atoms in total. The maximum absolute atomic E-state index is 11.6. The Morgan fingerprint density at radius 2 is 2.15 bits per heavy atom. The second kappa shape index (κ2) is 3.73. The molecular weight excluding hydrogens is 164 g/mol. The second-order valence-corrected chi connectivity index (χ2v) is 3.76. The van der Waals surface area contributed by atoms with E-state index in [1.54, 1.807) is 25.2 Å². The largest absolute Gasteiger partial charge is 0.345 e. The number of rotatable bonds is 2. The molecular formula is C10H16N2O. The highest BCUT2D eigenvalue weighted by Crippen LogP contribution is 2.19. The summed E-state index contributed by atoms with van der Waals surface area (Å²) in [6.45, 7) is 4.87. The number of aliphatic imine (C=N–C) groups is 1. The topological polar surface area (TPSA) is 32.7 Å². The van der Waals surface area contributed by atoms with Gasteiger partial charge in [-0.15, -0.1) is 0 Å². The van der Waals surface area contributed by atoms with E-state index in [-0.39, 0.29) is 5.91 Å². The monoisotopic (exact) mass is 180 g/mol. The van der Waals surface area contributed by atoms with E-state index < -0.39 is 0 Å². The molecule has 0 spiro atoms. The Kier molecular flexibility index (Phi) is 2.86. The molecule has 0 unspecified atom stereocenters. The number of hydrogen-bond donors (Lipinski definition) is 0. The van der Waals surface area contributed by atoms with Gasteiger partial charge in [0.05, 0.1) is 12.1 Å². The van der Waals surface area contributed by atoms with Gasteiger partial charge in [0.25, 0.3) is 5.91 Å². The van der Waals surface area contributed by atoms with Crippen molar-refractivity contribution in [3.63, 3.8) is 0 Å². The van der Waals surface area contributed by atoms with Crippen LogP contribution in [0.2, 0.25) is 0 Å². The molecule has 3 heteroatoms. The zero-order valence-electron chi connectivity index (χ0n) is 8.66. The average Bonchev–Trinajstić information content (AvgIpc) is 2.50. The van der Waals surface area contributed by atoms with E-state index in [1.807, 2.05) is 0 Å². The molecule has 0 atom stereocenters. The minimum Gasteiger partial charge on any atom is -0.345 e. The molecule has 0 fully saturated rings. The van der Waals surface area contributed by atoms with E-state index in [9.17, 15) is 4.79 Å². The Morgan fingerprint density at radius 3 is 2.62 bits per heavy atom. The van der Waals surface area contributed by atoms with E-state index in [4.69, 9.17) is 0 Å². The fourth-order valence-electron chi connectivity index (χ4n) is 1.33. The van der Waals surface area contributed by atoms with Gasteiger partial charge in [-0.2, -0.15) is 0 Å². The number of amides is 1. The lowest BCUT2D eigenvalue weighted by molar-refractivity contribution is -0.124. The molecule has 0 N–H and O–H groups in total. The first-order valence-electron chi connectivity index (χ1n) is 4.48. The quantitative estimate of drug-likeness (QED) is 0.626. The molecule has 1 heterocycles. The molecule has 0 saturated carbocycles. The number of hydrogen-bond acceptors (Lipinski definition) is 2. The van der Waals surface area contributed by atoms with Gasteiger partial charge in [-0.3, -0.25) is 9.79 Å². The highest BCUT2D eigenvalue weighted by molar-refractivity contribution is 6.13. The first-order chi connectivity index (χ1) is 6.04. The first-order valence-corrected chi connectivity index (χ1v) is 4.48. The van der Waals surface area contributed by atoms with E-state index in [0.29, 0.717) is 12.5 Å². The normalized spacial score (nSPS) is 15.8. The second-order valence-electron chi connectivity index (χ2n) is 3.76. The number of carbonyl (C=O) groups excluding carboxylic acids is 1. The minimum absolute atomic E-state index is 0.0601. The zero-order valence-corrected chi connectivity index (χ0v) is 8.66. The number of carbonyl (C=O) groups is 1. The van der Waals surface area contributed by atoms with Gasteiger partial charge >= 0.3 is 0 Å². The summed E-state index contributed by atoms with van der Waals surface area (Å²) in [5.41, 5.74) is 1.93. The molecule has 0 bridgehead atoms. The number of nitrogens with zero attached hydrogens (tertiary/aromatic N) is 2. The predicted octanol–water partition coefficient (Wildman–Crippen LogP) is 1.11. The molecule has 72 valence electrons. The van der Waals surface area contributed by atoms with Crippen molar-refractivity contribution in [1.82, 2.24) is 4.90 Å². The van der Waals surface area contributed by atoms with Crippen LogP contribution in [0, 0.1) is 5.92 Å². The van der Waals surface area contributed by atoms with Gasteiger partial charge in [-0.25, -0.2) is 0 Å². The van der Waals surface area contributed by atoms with E-state index in [2.05, 4.69) is 18.8 Å². The summed E-state index contributed by atoms with van der Waals surface area (Å²) >= 11 is 0. The highest BCUT2D eigenvalue weighted by Gasteiger charge is 2.20. The van der Waals surface area contributed by atoms with Gasteiger partial charge in [0, 0.05) is 20.3 Å². The molecule has 0 aromatic heterocycles. The van der Waals surface area contributed by atoms with Crippen molar-refractivity contribution < 1.29 is 4.79 Å². The van der Waals surface area contributed by atoms with Crippen molar-refractivity contribution >= 4 is 12.1 Å². The summed E-state index contributed by atoms with van der Waals surface area (Å²) in [6, 6.07) is 0. The van der Waals surface area contributed by atoms with Crippen LogP contribution in [0.4, 0.5) is 0 Å². The third-order valence-corrected chi connectivity index (χ3v) is 2.16. The van der Waals surface area contributed by atoms with Gasteiger partial charge in [-0.1, -0.05) is 13.8 Å². The third kappa shape index (κ3) is 1.97. The lowest BCUT2D eigenvalue weighted by atomic mass is 9.99.